The number of benzene rings is 4. The first kappa shape index (κ1) is 36.0. The number of hydrogen-bond donors (Lipinski definition) is 0. The molecule has 0 unspecified atom stereocenters. The predicted octanol–water partition coefficient (Wildman–Crippen LogP) is 11.1. The number of hydrogen-bond acceptors (Lipinski definition) is 5. The molecule has 14 heteroatoms. The first-order chi connectivity index (χ1) is 25.6. The van der Waals surface area contributed by atoms with Crippen molar-refractivity contribution in [2.75, 3.05) is 0 Å². The molecule has 6 rings (SSSR count). The Morgan fingerprint density at radius 2 is 1.06 bits per heavy atom. The van der Waals surface area contributed by atoms with Gasteiger partial charge in [-0.1, -0.05) is 42.5 Å². The van der Waals surface area contributed by atoms with Crippen LogP contribution in [0.1, 0.15) is 38.9 Å². The number of allylic oxidation sites excluding steroid dienone is 6. The summed E-state index contributed by atoms with van der Waals surface area (Å²) in [6.07, 6.45) is -10.3. The fraction of sp³-hybridized carbons (Fsp3) is 0.100. The largest absolute Gasteiger partial charge is 0.573 e. The average Bonchev–Trinajstić information content (AvgIpc) is 3.61. The second kappa shape index (κ2) is 13.1. The molecule has 4 aromatic carbocycles. The van der Waals surface area contributed by atoms with Crippen LogP contribution in [0.4, 0.5) is 32.0 Å². The van der Waals surface area contributed by atoms with Gasteiger partial charge in [-0.2, -0.15) is 5.26 Å². The first-order valence-electron chi connectivity index (χ1n) is 15.3. The van der Waals surface area contributed by atoms with Gasteiger partial charge in [0.1, 0.15) is 17.6 Å². The molecule has 260 valence electrons. The van der Waals surface area contributed by atoms with Crippen molar-refractivity contribution >= 4 is 28.0 Å². The third-order valence-corrected chi connectivity index (χ3v) is 8.69. The molecule has 54 heavy (non-hydrogen) atoms. The van der Waals surface area contributed by atoms with Gasteiger partial charge in [-0.05, 0) is 98.8 Å². The van der Waals surface area contributed by atoms with Gasteiger partial charge in [-0.25, -0.2) is 25.1 Å². The van der Waals surface area contributed by atoms with Crippen LogP contribution in [0.3, 0.4) is 0 Å². The fourth-order valence-electron chi connectivity index (χ4n) is 6.83. The smallest absolute Gasteiger partial charge is 0.418 e. The van der Waals surface area contributed by atoms with Crippen molar-refractivity contribution < 1.29 is 35.8 Å². The molecule has 0 spiro atoms. The lowest BCUT2D eigenvalue weighted by Gasteiger charge is -2.20. The van der Waals surface area contributed by atoms with E-state index in [2.05, 4.69) is 24.0 Å². The van der Waals surface area contributed by atoms with Crippen LogP contribution < -0.4 is 9.47 Å². The normalized spacial score (nSPS) is 14.6. The number of rotatable bonds is 4. The molecule has 0 saturated heterocycles. The van der Waals surface area contributed by atoms with E-state index in [1.54, 1.807) is 30.3 Å². The molecule has 0 aromatic heterocycles. The standard InChI is InChI=1S/C40H16F6N6O2/c1-19-12-21(14-30(27(19)16-47)53-39(41,42)43)23-8-6-10-25-32(23)36(28(17-48)50-3)35-26-11-7-9-24(33(26)37(34(25)35)29(18-49)51-4)22-13-20(2)38(52-5)31(15-22)54-40(44,45)46/h6-15H,1-2H3/b36-28-,37-29+. The van der Waals surface area contributed by atoms with Crippen LogP contribution in [-0.4, -0.2) is 12.7 Å². The Kier molecular flexibility index (Phi) is 8.73. The molecule has 0 radical (unpaired) electrons. The van der Waals surface area contributed by atoms with Crippen LogP contribution in [0.2, 0.25) is 0 Å². The molecule has 0 saturated carbocycles. The van der Waals surface area contributed by atoms with E-state index < -0.39 is 35.6 Å². The first-order valence-corrected chi connectivity index (χ1v) is 15.3. The van der Waals surface area contributed by atoms with Gasteiger partial charge in [0, 0.05) is 11.1 Å². The highest BCUT2D eigenvalue weighted by molar-refractivity contribution is 6.39. The number of nitrogens with zero attached hydrogens (tertiary/aromatic N) is 6. The Hall–Kier alpha value is -7.78. The van der Waals surface area contributed by atoms with Gasteiger partial charge in [0.15, 0.2) is 0 Å². The summed E-state index contributed by atoms with van der Waals surface area (Å²) in [6, 6.07) is 19.7. The molecule has 8 nitrogen and oxygen atoms in total. The SMILES string of the molecule is [C-]#[N+]/C(C#N)=C1C2=C(/C(=C(\C#N)[N+]#[C-])c3c2cccc3-c2cc(C)c([N+]#[C-])c(OC(F)(F)F)c2)c2cccc(-c3cc(C)c(C#N)c(OC(F)(F)F)c3)c2\1. The van der Waals surface area contributed by atoms with Crippen molar-refractivity contribution in [1.82, 2.24) is 0 Å². The third kappa shape index (κ3) is 5.91. The molecule has 2 aliphatic rings. The number of nitriles is 3. The molecule has 0 fully saturated rings. The Morgan fingerprint density at radius 3 is 1.46 bits per heavy atom. The van der Waals surface area contributed by atoms with E-state index in [0.717, 1.165) is 12.1 Å². The van der Waals surface area contributed by atoms with E-state index >= 15 is 0 Å². The number of fused-ring (bicyclic) bond motifs is 4. The highest BCUT2D eigenvalue weighted by Gasteiger charge is 2.42. The van der Waals surface area contributed by atoms with Crippen molar-refractivity contribution in [2.45, 2.75) is 26.6 Å². The van der Waals surface area contributed by atoms with Gasteiger partial charge < -0.3 is 9.47 Å². The fourth-order valence-corrected chi connectivity index (χ4v) is 6.83. The Bertz CT molecular complexity index is 2510. The van der Waals surface area contributed by atoms with E-state index in [1.807, 2.05) is 12.1 Å². The zero-order chi connectivity index (χ0) is 39.3. The Morgan fingerprint density at radius 1 is 0.630 bits per heavy atom. The van der Waals surface area contributed by atoms with Crippen molar-refractivity contribution in [3.63, 3.8) is 0 Å². The van der Waals surface area contributed by atoms with Gasteiger partial charge in [0.2, 0.25) is 5.69 Å². The molecule has 0 atom stereocenters. The average molecular weight is 727 g/mol. The van der Waals surface area contributed by atoms with E-state index in [4.69, 9.17) is 19.7 Å². The molecule has 0 heterocycles. The number of halogens is 6. The van der Waals surface area contributed by atoms with Gasteiger partial charge in [0.25, 0.3) is 11.4 Å². The lowest BCUT2D eigenvalue weighted by atomic mass is 9.84. The van der Waals surface area contributed by atoms with E-state index in [9.17, 15) is 42.1 Å². The summed E-state index contributed by atoms with van der Waals surface area (Å²) >= 11 is 0. The lowest BCUT2D eigenvalue weighted by molar-refractivity contribution is -0.275. The minimum atomic E-state index is -5.15. The summed E-state index contributed by atoms with van der Waals surface area (Å²) in [4.78, 5) is 10.1. The van der Waals surface area contributed by atoms with Crippen molar-refractivity contribution in [1.29, 1.82) is 15.8 Å². The monoisotopic (exact) mass is 726 g/mol. The maximum Gasteiger partial charge on any atom is 0.573 e. The molecule has 4 aromatic rings. The zero-order valence-electron chi connectivity index (χ0n) is 27.5. The zero-order valence-corrected chi connectivity index (χ0v) is 27.5. The summed E-state index contributed by atoms with van der Waals surface area (Å²) in [6.45, 7) is 26.2. The molecule has 0 aliphatic heterocycles. The topological polar surface area (TPSA) is 103 Å². The summed E-state index contributed by atoms with van der Waals surface area (Å²) in [5.41, 5.74) is 0.887. The quantitative estimate of drug-likeness (QED) is 0.118. The van der Waals surface area contributed by atoms with Gasteiger partial charge in [-0.3, -0.25) is 0 Å². The second-order valence-corrected chi connectivity index (χ2v) is 11.7. The molecule has 0 bridgehead atoms. The predicted molar refractivity (Wildman–Crippen MR) is 183 cm³/mol. The second-order valence-electron chi connectivity index (χ2n) is 11.7. The number of alkyl halides is 6. The molecule has 0 N–H and O–H groups in total. The van der Waals surface area contributed by atoms with Crippen molar-refractivity contribution in [2.24, 2.45) is 0 Å². The van der Waals surface area contributed by atoms with Crippen molar-refractivity contribution in [3.8, 4) is 52.0 Å². The van der Waals surface area contributed by atoms with Crippen molar-refractivity contribution in [3.05, 3.63) is 145 Å². The minimum absolute atomic E-state index is 0.0321. The maximum atomic E-state index is 13.5. The van der Waals surface area contributed by atoms with Gasteiger partial charge >= 0.3 is 12.7 Å². The molecular weight excluding hydrogens is 710 g/mol. The van der Waals surface area contributed by atoms with Gasteiger partial charge in [0.05, 0.1) is 37.4 Å². The van der Waals surface area contributed by atoms with Gasteiger partial charge in [-0.15, -0.1) is 26.3 Å². The minimum Gasteiger partial charge on any atom is -0.418 e. The summed E-state index contributed by atoms with van der Waals surface area (Å²) in [5.74, 6) is -1.56. The number of aryl methyl sites for hydroxylation is 2. The Labute approximate surface area is 303 Å². The summed E-state index contributed by atoms with van der Waals surface area (Å²) in [5, 5.41) is 30.1. The van der Waals surface area contributed by atoms with E-state index in [0.29, 0.717) is 11.1 Å². The van der Waals surface area contributed by atoms with Crippen LogP contribution in [0, 0.1) is 67.6 Å². The molecule has 2 aliphatic carbocycles. The lowest BCUT2D eigenvalue weighted by Crippen LogP contribution is -2.18. The molecular formula is C40H16F6N6O2. The van der Waals surface area contributed by atoms with Crippen LogP contribution in [0.5, 0.6) is 11.5 Å². The summed E-state index contributed by atoms with van der Waals surface area (Å²) < 4.78 is 89.2. The number of ether oxygens (including phenoxy) is 2. The van der Waals surface area contributed by atoms with Crippen LogP contribution in [0.25, 0.3) is 59.1 Å². The molecule has 0 amide bonds. The van der Waals surface area contributed by atoms with E-state index in [1.165, 1.54) is 38.1 Å². The Balaban J connectivity index is 1.70. The van der Waals surface area contributed by atoms with Crippen LogP contribution >= 0.6 is 0 Å². The summed E-state index contributed by atoms with van der Waals surface area (Å²) in [7, 11) is 0. The highest BCUT2D eigenvalue weighted by atomic mass is 19.4. The third-order valence-electron chi connectivity index (χ3n) is 8.69. The van der Waals surface area contributed by atoms with E-state index in [-0.39, 0.29) is 78.1 Å². The van der Waals surface area contributed by atoms with Crippen LogP contribution in [0.15, 0.2) is 72.1 Å². The maximum absolute atomic E-state index is 13.5. The highest BCUT2D eigenvalue weighted by Crippen LogP contribution is 2.62. The van der Waals surface area contributed by atoms with Crippen LogP contribution in [-0.2, 0) is 0 Å².